The number of esters is 1. The van der Waals surface area contributed by atoms with E-state index in [1.54, 1.807) is 24.3 Å². The molecule has 1 aliphatic rings. The molecule has 33 heavy (non-hydrogen) atoms. The molecule has 0 amide bonds. The van der Waals surface area contributed by atoms with E-state index in [1.807, 2.05) is 42.5 Å². The third-order valence-electron chi connectivity index (χ3n) is 6.33. The van der Waals surface area contributed by atoms with E-state index in [-0.39, 0.29) is 11.9 Å². The quantitative estimate of drug-likeness (QED) is 0.383. The predicted molar refractivity (Wildman–Crippen MR) is 130 cm³/mol. The molecule has 1 aliphatic heterocycles. The number of hydrogen-bond acceptors (Lipinski definition) is 5. The minimum atomic E-state index is -0.681. The van der Waals surface area contributed by atoms with Gasteiger partial charge in [0.2, 0.25) is 0 Å². The number of halogens is 1. The highest BCUT2D eigenvalue weighted by atomic mass is 35.5. The number of aldehydes is 1. The van der Waals surface area contributed by atoms with E-state index in [1.165, 1.54) is 7.11 Å². The second-order valence-corrected chi connectivity index (χ2v) is 8.72. The summed E-state index contributed by atoms with van der Waals surface area (Å²) in [4.78, 5) is 25.3. The maximum Gasteiger partial charge on any atom is 0.337 e. The first-order valence-corrected chi connectivity index (χ1v) is 11.3. The second kappa shape index (κ2) is 10.2. The van der Waals surface area contributed by atoms with Crippen LogP contribution in [0, 0.1) is 5.92 Å². The number of nitrogens with zero attached hydrogens (tertiary/aromatic N) is 1. The first-order valence-electron chi connectivity index (χ1n) is 11.0. The molecule has 0 saturated carbocycles. The highest BCUT2D eigenvalue weighted by Gasteiger charge is 2.28. The Morgan fingerprint density at radius 1 is 1.06 bits per heavy atom. The van der Waals surface area contributed by atoms with Crippen molar-refractivity contribution in [2.24, 2.45) is 5.92 Å². The maximum atomic E-state index is 11.7. The van der Waals surface area contributed by atoms with E-state index >= 15 is 0 Å². The molecule has 1 heterocycles. The van der Waals surface area contributed by atoms with Gasteiger partial charge in [-0.2, -0.15) is 0 Å². The van der Waals surface area contributed by atoms with Crippen LogP contribution in [0.25, 0.3) is 11.1 Å². The van der Waals surface area contributed by atoms with Gasteiger partial charge < -0.3 is 14.7 Å². The van der Waals surface area contributed by atoms with Gasteiger partial charge in [-0.05, 0) is 77.9 Å². The first kappa shape index (κ1) is 23.0. The van der Waals surface area contributed by atoms with E-state index in [0.29, 0.717) is 16.1 Å². The molecule has 0 aliphatic carbocycles. The minimum Gasteiger partial charge on any atom is -0.465 e. The highest BCUT2D eigenvalue weighted by Crippen LogP contribution is 2.38. The number of hydrogen-bond donors (Lipinski definition) is 1. The van der Waals surface area contributed by atoms with Crippen LogP contribution < -0.4 is 4.90 Å². The Bertz CT molecular complexity index is 1120. The highest BCUT2D eigenvalue weighted by molar-refractivity contribution is 6.30. The predicted octanol–water partition coefficient (Wildman–Crippen LogP) is 5.56. The number of benzene rings is 3. The average Bonchev–Trinajstić information content (AvgIpc) is 2.88. The lowest BCUT2D eigenvalue weighted by Crippen LogP contribution is -2.35. The van der Waals surface area contributed by atoms with Crippen molar-refractivity contribution in [1.29, 1.82) is 0 Å². The molecule has 1 atom stereocenters. The summed E-state index contributed by atoms with van der Waals surface area (Å²) in [5, 5.41) is 12.0. The van der Waals surface area contributed by atoms with Crippen molar-refractivity contribution in [2.75, 3.05) is 25.1 Å². The Morgan fingerprint density at radius 2 is 1.73 bits per heavy atom. The van der Waals surface area contributed by atoms with Crippen LogP contribution in [0.2, 0.25) is 5.02 Å². The summed E-state index contributed by atoms with van der Waals surface area (Å²) in [6.07, 6.45) is 1.75. The SMILES string of the molecule is COC(=O)c1ccc(N2CCC(C(O)c3cc(C=O)ccc3-c3ccc(Cl)cc3)CC2)cc1. The van der Waals surface area contributed by atoms with Gasteiger partial charge in [-0.25, -0.2) is 4.79 Å². The molecule has 1 N–H and O–H groups in total. The molecular weight excluding hydrogens is 438 g/mol. The van der Waals surface area contributed by atoms with Gasteiger partial charge >= 0.3 is 5.97 Å². The molecule has 1 fully saturated rings. The van der Waals surface area contributed by atoms with Crippen LogP contribution in [0.3, 0.4) is 0 Å². The summed E-state index contributed by atoms with van der Waals surface area (Å²) in [7, 11) is 1.37. The summed E-state index contributed by atoms with van der Waals surface area (Å²) in [6.45, 7) is 1.59. The van der Waals surface area contributed by atoms with Crippen LogP contribution in [-0.2, 0) is 4.74 Å². The second-order valence-electron chi connectivity index (χ2n) is 8.28. The standard InChI is InChI=1S/C27H26ClNO4/c1-33-27(32)21-5-9-23(10-6-21)29-14-12-20(13-15-29)26(31)25-16-18(17-30)2-11-24(25)19-3-7-22(28)8-4-19/h2-11,16-17,20,26,31H,12-15H2,1H3. The Labute approximate surface area is 198 Å². The third kappa shape index (κ3) is 5.10. The molecule has 6 heteroatoms. The molecule has 1 saturated heterocycles. The van der Waals surface area contributed by atoms with Gasteiger partial charge in [-0.3, -0.25) is 4.79 Å². The zero-order valence-corrected chi connectivity index (χ0v) is 19.2. The van der Waals surface area contributed by atoms with Crippen LogP contribution in [0.15, 0.2) is 66.7 Å². The molecule has 0 radical (unpaired) electrons. The van der Waals surface area contributed by atoms with Gasteiger partial charge in [0, 0.05) is 29.4 Å². The molecule has 3 aromatic rings. The minimum absolute atomic E-state index is 0.0727. The first-order chi connectivity index (χ1) is 16.0. The van der Waals surface area contributed by atoms with E-state index in [2.05, 4.69) is 4.90 Å². The van der Waals surface area contributed by atoms with Crippen molar-refractivity contribution < 1.29 is 19.4 Å². The molecule has 0 spiro atoms. The normalized spacial score (nSPS) is 15.2. The molecule has 0 bridgehead atoms. The Kier molecular flexibility index (Phi) is 7.11. The number of carbonyl (C=O) groups excluding carboxylic acids is 2. The number of ether oxygens (including phenoxy) is 1. The van der Waals surface area contributed by atoms with Gasteiger partial charge in [0.25, 0.3) is 0 Å². The zero-order chi connectivity index (χ0) is 23.4. The summed E-state index contributed by atoms with van der Waals surface area (Å²) >= 11 is 6.04. The molecule has 3 aromatic carbocycles. The summed E-state index contributed by atoms with van der Waals surface area (Å²) in [6, 6.07) is 20.3. The fraction of sp³-hybridized carbons (Fsp3) is 0.259. The summed E-state index contributed by atoms with van der Waals surface area (Å²) in [5.74, 6) is -0.277. The van der Waals surface area contributed by atoms with Crippen LogP contribution in [0.5, 0.6) is 0 Å². The van der Waals surface area contributed by atoms with E-state index in [4.69, 9.17) is 16.3 Å². The summed E-state index contributed by atoms with van der Waals surface area (Å²) < 4.78 is 4.76. The van der Waals surface area contributed by atoms with Crippen molar-refractivity contribution in [3.8, 4) is 11.1 Å². The molecule has 4 rings (SSSR count). The Hall–Kier alpha value is -3.15. The topological polar surface area (TPSA) is 66.8 Å². The maximum absolute atomic E-state index is 11.7. The number of rotatable bonds is 6. The van der Waals surface area contributed by atoms with Gasteiger partial charge in [-0.1, -0.05) is 35.9 Å². The van der Waals surface area contributed by atoms with Crippen molar-refractivity contribution in [3.63, 3.8) is 0 Å². The monoisotopic (exact) mass is 463 g/mol. The number of carbonyl (C=O) groups is 2. The van der Waals surface area contributed by atoms with E-state index < -0.39 is 6.10 Å². The fourth-order valence-corrected chi connectivity index (χ4v) is 4.57. The van der Waals surface area contributed by atoms with Crippen molar-refractivity contribution in [1.82, 2.24) is 0 Å². The van der Waals surface area contributed by atoms with Crippen LogP contribution in [0.4, 0.5) is 5.69 Å². The number of aliphatic hydroxyl groups is 1. The number of methoxy groups -OCH3 is 1. The molecule has 0 aromatic heterocycles. The zero-order valence-electron chi connectivity index (χ0n) is 18.4. The van der Waals surface area contributed by atoms with Gasteiger partial charge in [0.1, 0.15) is 6.29 Å². The van der Waals surface area contributed by atoms with Crippen molar-refractivity contribution >= 4 is 29.5 Å². The Morgan fingerprint density at radius 3 is 2.33 bits per heavy atom. The Balaban J connectivity index is 1.50. The number of piperidine rings is 1. The fourth-order valence-electron chi connectivity index (χ4n) is 4.45. The van der Waals surface area contributed by atoms with Crippen molar-refractivity contribution in [3.05, 3.63) is 88.4 Å². The smallest absolute Gasteiger partial charge is 0.337 e. The third-order valence-corrected chi connectivity index (χ3v) is 6.58. The van der Waals surface area contributed by atoms with Gasteiger partial charge in [-0.15, -0.1) is 0 Å². The van der Waals surface area contributed by atoms with Crippen molar-refractivity contribution in [2.45, 2.75) is 18.9 Å². The van der Waals surface area contributed by atoms with Gasteiger partial charge in [0.05, 0.1) is 18.8 Å². The van der Waals surface area contributed by atoms with Crippen LogP contribution in [0.1, 0.15) is 45.2 Å². The lowest BCUT2D eigenvalue weighted by atomic mass is 9.83. The molecule has 170 valence electrons. The summed E-state index contributed by atoms with van der Waals surface area (Å²) in [5.41, 5.74) is 4.74. The number of anilines is 1. The average molecular weight is 464 g/mol. The largest absolute Gasteiger partial charge is 0.465 e. The lowest BCUT2D eigenvalue weighted by Gasteiger charge is -2.36. The molecule has 5 nitrogen and oxygen atoms in total. The number of aliphatic hydroxyl groups excluding tert-OH is 1. The molecular formula is C27H26ClNO4. The lowest BCUT2D eigenvalue weighted by molar-refractivity contribution is 0.0600. The van der Waals surface area contributed by atoms with Crippen LogP contribution in [-0.4, -0.2) is 37.6 Å². The molecule has 1 unspecified atom stereocenters. The van der Waals surface area contributed by atoms with Gasteiger partial charge in [0.15, 0.2) is 0 Å². The van der Waals surface area contributed by atoms with E-state index in [9.17, 15) is 14.7 Å². The van der Waals surface area contributed by atoms with Crippen LogP contribution >= 0.6 is 11.6 Å². The van der Waals surface area contributed by atoms with E-state index in [0.717, 1.165) is 54.6 Å².